The van der Waals surface area contributed by atoms with E-state index < -0.39 is 5.91 Å². The molecule has 2 aromatic rings. The Hall–Kier alpha value is -1.91. The van der Waals surface area contributed by atoms with Crippen LogP contribution in [0.1, 0.15) is 78.0 Å². The Morgan fingerprint density at radius 2 is 1.68 bits per heavy atom. The number of phenols is 1. The summed E-state index contributed by atoms with van der Waals surface area (Å²) < 4.78 is 0. The van der Waals surface area contributed by atoms with Crippen molar-refractivity contribution >= 4 is 34.8 Å². The molecule has 2 rings (SSSR count). The van der Waals surface area contributed by atoms with Gasteiger partial charge >= 0.3 is 0 Å². The monoisotopic (exact) mass is 465 g/mol. The smallest absolute Gasteiger partial charge is 0.257 e. The highest BCUT2D eigenvalue weighted by Gasteiger charge is 2.33. The average molecular weight is 466 g/mol. The van der Waals surface area contributed by atoms with E-state index in [0.717, 1.165) is 23.5 Å². The lowest BCUT2D eigenvalue weighted by atomic mass is 9.71. The number of amides is 1. The summed E-state index contributed by atoms with van der Waals surface area (Å²) in [5, 5.41) is 12.1. The lowest BCUT2D eigenvalue weighted by Crippen LogP contribution is -2.34. The summed E-state index contributed by atoms with van der Waals surface area (Å²) in [4.78, 5) is 18.8. The van der Waals surface area contributed by atoms with Gasteiger partial charge in [-0.1, -0.05) is 76.9 Å². The fourth-order valence-corrected chi connectivity index (χ4v) is 3.91. The van der Waals surface area contributed by atoms with Gasteiger partial charge in [-0.2, -0.15) is 0 Å². The van der Waals surface area contributed by atoms with Crippen LogP contribution in [0.5, 0.6) is 11.5 Å². The van der Waals surface area contributed by atoms with Gasteiger partial charge in [0.1, 0.15) is 5.69 Å². The van der Waals surface area contributed by atoms with E-state index in [-0.39, 0.29) is 27.3 Å². The molecule has 0 unspecified atom stereocenters. The van der Waals surface area contributed by atoms with Crippen LogP contribution >= 0.6 is 23.2 Å². The number of carbonyl (C=O) groups is 1. The number of anilines is 1. The summed E-state index contributed by atoms with van der Waals surface area (Å²) in [7, 11) is 0. The topological polar surface area (TPSA) is 49.8 Å². The van der Waals surface area contributed by atoms with Gasteiger partial charge in [0.15, 0.2) is 11.5 Å². The number of rotatable bonds is 7. The summed E-state index contributed by atoms with van der Waals surface area (Å²) >= 11 is 12.5. The van der Waals surface area contributed by atoms with Gasteiger partial charge in [-0.15, -0.1) is 5.06 Å². The Morgan fingerprint density at radius 3 is 2.19 bits per heavy atom. The summed E-state index contributed by atoms with van der Waals surface area (Å²) in [6.07, 6.45) is 1.83. The molecule has 4 nitrogen and oxygen atoms in total. The van der Waals surface area contributed by atoms with Crippen molar-refractivity contribution in [3.8, 4) is 11.5 Å². The van der Waals surface area contributed by atoms with E-state index in [2.05, 4.69) is 47.6 Å². The van der Waals surface area contributed by atoms with E-state index in [4.69, 9.17) is 28.0 Å². The zero-order valence-electron chi connectivity index (χ0n) is 19.7. The summed E-state index contributed by atoms with van der Waals surface area (Å²) in [6, 6.07) is 7.40. The molecule has 0 heterocycles. The van der Waals surface area contributed by atoms with E-state index in [1.807, 2.05) is 12.1 Å². The van der Waals surface area contributed by atoms with Crippen LogP contribution in [-0.4, -0.2) is 11.0 Å². The Kier molecular flexibility index (Phi) is 7.60. The maximum absolute atomic E-state index is 12.6. The zero-order chi connectivity index (χ0) is 23.7. The standard InChI is InChI=1S/C25H33Cl2NO3/c1-9-24(5,6)17-12-11-13-20(21(17)25(7,8)10-2)31-28(16(4)29)19-14-18(26)15(3)22(27)23(19)30/h11-14,30H,9-10H2,1-8H3. The highest BCUT2D eigenvalue weighted by molar-refractivity contribution is 6.37. The van der Waals surface area contributed by atoms with Crippen LogP contribution in [0.2, 0.25) is 10.0 Å². The molecular formula is C25H33Cl2NO3. The summed E-state index contributed by atoms with van der Waals surface area (Å²) in [6.45, 7) is 16.1. The number of hydroxylamine groups is 1. The molecule has 2 aromatic carbocycles. The van der Waals surface area contributed by atoms with Crippen molar-refractivity contribution in [1.29, 1.82) is 0 Å². The normalized spacial score (nSPS) is 12.1. The van der Waals surface area contributed by atoms with Gasteiger partial charge in [-0.05, 0) is 53.9 Å². The molecule has 0 atom stereocenters. The van der Waals surface area contributed by atoms with Crippen molar-refractivity contribution in [1.82, 2.24) is 0 Å². The molecule has 0 spiro atoms. The average Bonchev–Trinajstić information content (AvgIpc) is 2.72. The molecular weight excluding hydrogens is 433 g/mol. The second kappa shape index (κ2) is 9.30. The maximum Gasteiger partial charge on any atom is 0.257 e. The van der Waals surface area contributed by atoms with Gasteiger partial charge in [0.2, 0.25) is 0 Å². The fourth-order valence-electron chi connectivity index (χ4n) is 3.46. The molecule has 31 heavy (non-hydrogen) atoms. The van der Waals surface area contributed by atoms with Gasteiger partial charge in [-0.25, -0.2) is 0 Å². The SMILES string of the molecule is CCC(C)(C)c1cccc(ON(C(C)=O)c2cc(Cl)c(C)c(Cl)c2O)c1C(C)(C)CC. The predicted octanol–water partition coefficient (Wildman–Crippen LogP) is 7.73. The number of aromatic hydroxyl groups is 1. The molecule has 0 radical (unpaired) electrons. The lowest BCUT2D eigenvalue weighted by Gasteiger charge is -2.36. The molecule has 1 amide bonds. The molecule has 170 valence electrons. The number of halogens is 2. The van der Waals surface area contributed by atoms with Crippen LogP contribution in [0.15, 0.2) is 24.3 Å². The quantitative estimate of drug-likeness (QED) is 0.425. The van der Waals surface area contributed by atoms with Crippen LogP contribution in [-0.2, 0) is 15.6 Å². The number of carbonyl (C=O) groups excluding carboxylic acids is 1. The molecule has 0 fully saturated rings. The lowest BCUT2D eigenvalue weighted by molar-refractivity contribution is -0.120. The molecule has 6 heteroatoms. The molecule has 0 aromatic heterocycles. The predicted molar refractivity (Wildman–Crippen MR) is 130 cm³/mol. The number of hydrogen-bond acceptors (Lipinski definition) is 3. The number of hydrogen-bond donors (Lipinski definition) is 1. The molecule has 1 N–H and O–H groups in total. The van der Waals surface area contributed by atoms with E-state index in [1.54, 1.807) is 6.92 Å². The van der Waals surface area contributed by atoms with Crippen molar-refractivity contribution in [3.05, 3.63) is 51.0 Å². The molecule has 0 bridgehead atoms. The van der Waals surface area contributed by atoms with Crippen LogP contribution < -0.4 is 9.90 Å². The van der Waals surface area contributed by atoms with Crippen LogP contribution in [0.4, 0.5) is 5.69 Å². The van der Waals surface area contributed by atoms with E-state index in [0.29, 0.717) is 16.3 Å². The Bertz CT molecular complexity index is 983. The van der Waals surface area contributed by atoms with Crippen molar-refractivity contribution in [3.63, 3.8) is 0 Å². The zero-order valence-corrected chi connectivity index (χ0v) is 21.2. The van der Waals surface area contributed by atoms with Gasteiger partial charge in [0.05, 0.1) is 5.02 Å². The van der Waals surface area contributed by atoms with E-state index in [1.165, 1.54) is 18.6 Å². The van der Waals surface area contributed by atoms with E-state index in [9.17, 15) is 9.90 Å². The van der Waals surface area contributed by atoms with Crippen LogP contribution in [0.3, 0.4) is 0 Å². The van der Waals surface area contributed by atoms with Crippen molar-refractivity contribution < 1.29 is 14.7 Å². The summed E-state index contributed by atoms with van der Waals surface area (Å²) in [5.41, 5.74) is 2.57. The molecule has 0 aliphatic heterocycles. The first-order chi connectivity index (χ1) is 14.3. The Morgan fingerprint density at radius 1 is 1.10 bits per heavy atom. The highest BCUT2D eigenvalue weighted by atomic mass is 35.5. The minimum atomic E-state index is -0.410. The fraction of sp³-hybridized carbons (Fsp3) is 0.480. The van der Waals surface area contributed by atoms with Gasteiger partial charge in [0, 0.05) is 17.5 Å². The van der Waals surface area contributed by atoms with E-state index >= 15 is 0 Å². The first-order valence-corrected chi connectivity index (χ1v) is 11.3. The third kappa shape index (κ3) is 4.96. The number of benzene rings is 2. The Balaban J connectivity index is 2.74. The van der Waals surface area contributed by atoms with Crippen molar-refractivity contribution in [2.45, 2.75) is 79.1 Å². The second-order valence-electron chi connectivity index (χ2n) is 9.22. The Labute approximate surface area is 196 Å². The number of nitrogens with zero attached hydrogens (tertiary/aromatic N) is 1. The largest absolute Gasteiger partial charge is 0.504 e. The van der Waals surface area contributed by atoms with Crippen molar-refractivity contribution in [2.75, 3.05) is 5.06 Å². The molecule has 0 aliphatic carbocycles. The number of phenolic OH excluding ortho intramolecular Hbond substituents is 1. The molecule has 0 saturated heterocycles. The van der Waals surface area contributed by atoms with Gasteiger partial charge < -0.3 is 9.94 Å². The van der Waals surface area contributed by atoms with Crippen molar-refractivity contribution in [2.24, 2.45) is 0 Å². The van der Waals surface area contributed by atoms with Crippen LogP contribution in [0, 0.1) is 6.92 Å². The summed E-state index contributed by atoms with van der Waals surface area (Å²) in [5.74, 6) is -0.0971. The van der Waals surface area contributed by atoms with Gasteiger partial charge in [0.25, 0.3) is 5.91 Å². The minimum Gasteiger partial charge on any atom is -0.504 e. The first-order valence-electron chi connectivity index (χ1n) is 10.6. The van der Waals surface area contributed by atoms with Crippen LogP contribution in [0.25, 0.3) is 0 Å². The minimum absolute atomic E-state index is 0.0825. The highest BCUT2D eigenvalue weighted by Crippen LogP contribution is 2.45. The maximum atomic E-state index is 12.6. The third-order valence-electron chi connectivity index (χ3n) is 6.30. The van der Waals surface area contributed by atoms with Gasteiger partial charge in [-0.3, -0.25) is 4.79 Å². The third-order valence-corrected chi connectivity index (χ3v) is 7.15. The molecule has 0 saturated carbocycles. The first kappa shape index (κ1) is 25.4. The second-order valence-corrected chi connectivity index (χ2v) is 10.0. The molecule has 0 aliphatic rings.